The summed E-state index contributed by atoms with van der Waals surface area (Å²) in [6, 6.07) is 6.13. The summed E-state index contributed by atoms with van der Waals surface area (Å²) in [4.78, 5) is 11.3. The largest absolute Gasteiger partial charge is 0.330 e. The third-order valence-electron chi connectivity index (χ3n) is 2.77. The smallest absolute Gasteiger partial charge is 0.0941 e. The normalized spacial score (nSPS) is 11.2. The summed E-state index contributed by atoms with van der Waals surface area (Å²) in [5, 5.41) is 3.24. The van der Waals surface area contributed by atoms with E-state index in [4.69, 9.17) is 5.73 Å². The van der Waals surface area contributed by atoms with Crippen molar-refractivity contribution in [2.24, 2.45) is 5.73 Å². The Morgan fingerprint density at radius 1 is 1.21 bits per heavy atom. The molecule has 19 heavy (non-hydrogen) atoms. The van der Waals surface area contributed by atoms with Gasteiger partial charge in [0.05, 0.1) is 16.4 Å². The second-order valence-electron chi connectivity index (χ2n) is 4.71. The molecule has 0 bridgehead atoms. The zero-order valence-corrected chi connectivity index (χ0v) is 12.3. The predicted molar refractivity (Wildman–Crippen MR) is 79.0 cm³/mol. The number of hydrogen-bond donors (Lipinski definition) is 1. The van der Waals surface area contributed by atoms with Gasteiger partial charge in [-0.15, -0.1) is 11.3 Å². The summed E-state index contributed by atoms with van der Waals surface area (Å²) in [6.07, 6.45) is 0.869. The highest BCUT2D eigenvalue weighted by molar-refractivity contribution is 7.09. The minimum atomic E-state index is 0.663. The van der Waals surface area contributed by atoms with E-state index in [-0.39, 0.29) is 0 Å². The Morgan fingerprint density at radius 3 is 2.74 bits per heavy atom. The summed E-state index contributed by atoms with van der Waals surface area (Å²) in [6.45, 7) is 4.36. The first-order chi connectivity index (χ1) is 9.17. The first-order valence-electron chi connectivity index (χ1n) is 6.42. The highest BCUT2D eigenvalue weighted by Gasteiger charge is 2.06. The SMILES string of the molecule is Cc1cccc(CN(C)Cc2csc(CCN)n2)n1. The number of aromatic nitrogens is 2. The van der Waals surface area contributed by atoms with Crippen molar-refractivity contribution in [2.75, 3.05) is 13.6 Å². The Balaban J connectivity index is 1.91. The lowest BCUT2D eigenvalue weighted by atomic mass is 10.3. The van der Waals surface area contributed by atoms with Gasteiger partial charge in [-0.2, -0.15) is 0 Å². The van der Waals surface area contributed by atoms with Gasteiger partial charge in [-0.25, -0.2) is 4.98 Å². The van der Waals surface area contributed by atoms with Crippen LogP contribution in [-0.4, -0.2) is 28.5 Å². The standard InChI is InChI=1S/C14H20N4S/c1-11-4-3-5-12(16-11)8-18(2)9-13-10-19-14(17-13)6-7-15/h3-5,10H,6-9,15H2,1-2H3. The molecule has 0 saturated carbocycles. The van der Waals surface area contributed by atoms with Gasteiger partial charge in [-0.1, -0.05) is 6.07 Å². The molecule has 0 aliphatic rings. The van der Waals surface area contributed by atoms with Gasteiger partial charge in [-0.3, -0.25) is 9.88 Å². The van der Waals surface area contributed by atoms with Gasteiger partial charge >= 0.3 is 0 Å². The van der Waals surface area contributed by atoms with Crippen LogP contribution in [0.4, 0.5) is 0 Å². The Kier molecular flexibility index (Phi) is 5.01. The number of hydrogen-bond acceptors (Lipinski definition) is 5. The molecule has 5 heteroatoms. The number of thiazole rings is 1. The fourth-order valence-electron chi connectivity index (χ4n) is 1.96. The van der Waals surface area contributed by atoms with Gasteiger partial charge < -0.3 is 5.73 Å². The summed E-state index contributed by atoms with van der Waals surface area (Å²) in [5.41, 5.74) is 8.81. The molecule has 0 aromatic carbocycles. The van der Waals surface area contributed by atoms with Crippen LogP contribution < -0.4 is 5.73 Å². The van der Waals surface area contributed by atoms with Crippen molar-refractivity contribution in [3.63, 3.8) is 0 Å². The van der Waals surface area contributed by atoms with E-state index in [9.17, 15) is 0 Å². The number of nitrogens with zero attached hydrogens (tertiary/aromatic N) is 3. The minimum absolute atomic E-state index is 0.663. The van der Waals surface area contributed by atoms with Crippen LogP contribution in [0.3, 0.4) is 0 Å². The molecule has 0 fully saturated rings. The fourth-order valence-corrected chi connectivity index (χ4v) is 2.76. The molecule has 0 saturated heterocycles. The third-order valence-corrected chi connectivity index (χ3v) is 3.72. The fraction of sp³-hybridized carbons (Fsp3) is 0.429. The molecule has 102 valence electrons. The van der Waals surface area contributed by atoms with Gasteiger partial charge in [0.2, 0.25) is 0 Å². The van der Waals surface area contributed by atoms with Crippen LogP contribution in [0.25, 0.3) is 0 Å². The van der Waals surface area contributed by atoms with E-state index >= 15 is 0 Å². The number of aryl methyl sites for hydroxylation is 1. The van der Waals surface area contributed by atoms with Crippen molar-refractivity contribution in [3.8, 4) is 0 Å². The van der Waals surface area contributed by atoms with Gasteiger partial charge in [0.25, 0.3) is 0 Å². The van der Waals surface area contributed by atoms with E-state index in [1.54, 1.807) is 11.3 Å². The van der Waals surface area contributed by atoms with E-state index in [2.05, 4.69) is 33.4 Å². The van der Waals surface area contributed by atoms with E-state index < -0.39 is 0 Å². The topological polar surface area (TPSA) is 55.0 Å². The molecule has 0 spiro atoms. The van der Waals surface area contributed by atoms with Crippen molar-refractivity contribution in [1.29, 1.82) is 0 Å². The number of pyridine rings is 1. The van der Waals surface area contributed by atoms with Crippen molar-refractivity contribution < 1.29 is 0 Å². The lowest BCUT2D eigenvalue weighted by Crippen LogP contribution is -2.18. The summed E-state index contributed by atoms with van der Waals surface area (Å²) in [7, 11) is 2.09. The lowest BCUT2D eigenvalue weighted by Gasteiger charge is -2.14. The molecule has 2 aromatic heterocycles. The van der Waals surface area contributed by atoms with Crippen molar-refractivity contribution in [2.45, 2.75) is 26.4 Å². The summed E-state index contributed by atoms with van der Waals surface area (Å²) < 4.78 is 0. The van der Waals surface area contributed by atoms with E-state index in [0.29, 0.717) is 6.54 Å². The van der Waals surface area contributed by atoms with E-state index in [1.165, 1.54) is 0 Å². The second-order valence-corrected chi connectivity index (χ2v) is 5.66. The van der Waals surface area contributed by atoms with Gasteiger partial charge in [0.1, 0.15) is 0 Å². The van der Waals surface area contributed by atoms with Crippen molar-refractivity contribution in [1.82, 2.24) is 14.9 Å². The van der Waals surface area contributed by atoms with Crippen LogP contribution in [0.1, 0.15) is 22.1 Å². The average molecular weight is 276 g/mol. The molecular formula is C14H20N4S. The molecule has 0 aliphatic heterocycles. The third kappa shape index (κ3) is 4.38. The number of rotatable bonds is 6. The average Bonchev–Trinajstić information content (AvgIpc) is 2.77. The first-order valence-corrected chi connectivity index (χ1v) is 7.30. The molecule has 0 radical (unpaired) electrons. The maximum Gasteiger partial charge on any atom is 0.0941 e. The zero-order chi connectivity index (χ0) is 13.7. The van der Waals surface area contributed by atoms with Gasteiger partial charge in [-0.05, 0) is 32.6 Å². The maximum absolute atomic E-state index is 5.54. The van der Waals surface area contributed by atoms with Crippen molar-refractivity contribution >= 4 is 11.3 Å². The predicted octanol–water partition coefficient (Wildman–Crippen LogP) is 1.98. The van der Waals surface area contributed by atoms with Crippen LogP contribution >= 0.6 is 11.3 Å². The maximum atomic E-state index is 5.54. The van der Waals surface area contributed by atoms with E-state index in [1.807, 2.05) is 19.1 Å². The monoisotopic (exact) mass is 276 g/mol. The van der Waals surface area contributed by atoms with Crippen LogP contribution in [0, 0.1) is 6.92 Å². The molecule has 4 nitrogen and oxygen atoms in total. The molecular weight excluding hydrogens is 256 g/mol. The first kappa shape index (κ1) is 14.1. The molecule has 2 N–H and O–H groups in total. The van der Waals surface area contributed by atoms with E-state index in [0.717, 1.165) is 41.6 Å². The van der Waals surface area contributed by atoms with Crippen LogP contribution in [0.2, 0.25) is 0 Å². The van der Waals surface area contributed by atoms with Crippen LogP contribution in [-0.2, 0) is 19.5 Å². The molecule has 2 rings (SSSR count). The molecule has 2 heterocycles. The molecule has 2 aromatic rings. The zero-order valence-electron chi connectivity index (χ0n) is 11.5. The van der Waals surface area contributed by atoms with Crippen LogP contribution in [0.15, 0.2) is 23.6 Å². The van der Waals surface area contributed by atoms with Crippen molar-refractivity contribution in [3.05, 3.63) is 45.7 Å². The Morgan fingerprint density at radius 2 is 2.00 bits per heavy atom. The highest BCUT2D eigenvalue weighted by atomic mass is 32.1. The van der Waals surface area contributed by atoms with Gasteiger partial charge in [0.15, 0.2) is 0 Å². The quantitative estimate of drug-likeness (QED) is 0.876. The second kappa shape index (κ2) is 6.75. The number of nitrogens with two attached hydrogens (primary N) is 1. The molecule has 0 unspecified atom stereocenters. The van der Waals surface area contributed by atoms with Gasteiger partial charge in [0, 0.05) is 30.6 Å². The Labute approximate surface area is 118 Å². The minimum Gasteiger partial charge on any atom is -0.330 e. The van der Waals surface area contributed by atoms with Crippen LogP contribution in [0.5, 0.6) is 0 Å². The molecule has 0 atom stereocenters. The lowest BCUT2D eigenvalue weighted by molar-refractivity contribution is 0.311. The molecule has 0 aliphatic carbocycles. The molecule has 0 amide bonds. The summed E-state index contributed by atoms with van der Waals surface area (Å²) >= 11 is 1.69. The Hall–Kier alpha value is -1.30. The summed E-state index contributed by atoms with van der Waals surface area (Å²) in [5.74, 6) is 0. The highest BCUT2D eigenvalue weighted by Crippen LogP contribution is 2.12. The Bertz CT molecular complexity index is 524.